The van der Waals surface area contributed by atoms with Gasteiger partial charge in [0, 0.05) is 6.42 Å². The highest BCUT2D eigenvalue weighted by Crippen LogP contribution is 2.62. The lowest BCUT2D eigenvalue weighted by Crippen LogP contribution is -2.58. The summed E-state index contributed by atoms with van der Waals surface area (Å²) >= 11 is 0. The first-order chi connectivity index (χ1) is 18.6. The molecule has 8 nitrogen and oxygen atoms in total. The van der Waals surface area contributed by atoms with Gasteiger partial charge in [0.1, 0.15) is 29.2 Å². The summed E-state index contributed by atoms with van der Waals surface area (Å²) in [5.41, 5.74) is -7.08. The molecule has 2 aromatic carbocycles. The molecule has 0 aliphatic carbocycles. The Bertz CT molecular complexity index is 1420. The van der Waals surface area contributed by atoms with E-state index in [1.54, 1.807) is 0 Å². The summed E-state index contributed by atoms with van der Waals surface area (Å²) in [5.74, 6) is -4.68. The van der Waals surface area contributed by atoms with Crippen LogP contribution in [0.15, 0.2) is 42.5 Å². The van der Waals surface area contributed by atoms with Crippen molar-refractivity contribution in [2.75, 3.05) is 11.5 Å². The van der Waals surface area contributed by atoms with Crippen LogP contribution in [0.25, 0.3) is 0 Å². The van der Waals surface area contributed by atoms with Crippen molar-refractivity contribution in [2.24, 2.45) is 11.8 Å². The van der Waals surface area contributed by atoms with Gasteiger partial charge in [0.05, 0.1) is 46.9 Å². The third kappa shape index (κ3) is 3.94. The minimum absolute atomic E-state index is 0.0301. The van der Waals surface area contributed by atoms with E-state index in [9.17, 15) is 46.1 Å². The summed E-state index contributed by atoms with van der Waals surface area (Å²) in [6.07, 6.45) is -13.2. The van der Waals surface area contributed by atoms with E-state index in [1.165, 1.54) is 13.0 Å². The van der Waals surface area contributed by atoms with Crippen LogP contribution in [0.3, 0.4) is 0 Å². The number of halogens is 6. The maximum absolute atomic E-state index is 13.6. The summed E-state index contributed by atoms with van der Waals surface area (Å²) < 4.78 is 90.6. The molecular formula is C26H20F6N2O6. The lowest BCUT2D eigenvalue weighted by molar-refractivity contribution is -0.139. The number of carbonyl (C=O) groups is 2. The number of nitriles is 1. The maximum Gasteiger partial charge on any atom is 0.417 e. The van der Waals surface area contributed by atoms with Crippen LogP contribution in [-0.2, 0) is 26.7 Å². The standard InChI is InChI=1S/C26H20F6N2O6/c1-23-17-18(22(38)34(21(17)37)14-5-2-12(11-33)16(10-14)26(30,31)32)24(40-23,20(36)19(23)35)8-9-39-15-6-3-13(4-7-15)25(27,28)29/h2-7,10,17-20,35-36H,8-9H2,1H3. The van der Waals surface area contributed by atoms with Crippen LogP contribution in [0.2, 0.25) is 0 Å². The molecule has 5 rings (SSSR count). The zero-order chi connectivity index (χ0) is 29.4. The monoisotopic (exact) mass is 570 g/mol. The lowest BCUT2D eigenvalue weighted by atomic mass is 9.64. The number of alkyl halides is 6. The van der Waals surface area contributed by atoms with E-state index in [2.05, 4.69) is 0 Å². The van der Waals surface area contributed by atoms with E-state index < -0.39 is 81.8 Å². The third-order valence-electron chi connectivity index (χ3n) is 7.88. The van der Waals surface area contributed by atoms with Crippen LogP contribution in [-0.4, -0.2) is 52.0 Å². The minimum atomic E-state index is -4.96. The number of amides is 2. The van der Waals surface area contributed by atoms with Crippen LogP contribution in [0, 0.1) is 23.2 Å². The Morgan fingerprint density at radius 2 is 1.60 bits per heavy atom. The van der Waals surface area contributed by atoms with E-state index in [0.717, 1.165) is 36.4 Å². The Morgan fingerprint density at radius 1 is 0.975 bits per heavy atom. The summed E-state index contributed by atoms with van der Waals surface area (Å²) in [5, 5.41) is 30.8. The van der Waals surface area contributed by atoms with Crippen molar-refractivity contribution in [1.82, 2.24) is 0 Å². The number of fused-ring (bicyclic) bond motifs is 5. The zero-order valence-corrected chi connectivity index (χ0v) is 20.5. The lowest BCUT2D eigenvalue weighted by Gasteiger charge is -2.37. The number of hydrogen-bond acceptors (Lipinski definition) is 7. The van der Waals surface area contributed by atoms with Crippen LogP contribution >= 0.6 is 0 Å². The number of hydrogen-bond donors (Lipinski definition) is 2. The minimum Gasteiger partial charge on any atom is -0.493 e. The second kappa shape index (κ2) is 8.92. The Morgan fingerprint density at radius 3 is 2.17 bits per heavy atom. The van der Waals surface area contributed by atoms with Crippen LogP contribution in [0.1, 0.15) is 30.0 Å². The average Bonchev–Trinajstić information content (AvgIpc) is 3.39. The number of aliphatic hydroxyl groups excluding tert-OH is 2. The summed E-state index contributed by atoms with van der Waals surface area (Å²) in [6.45, 7) is 0.990. The van der Waals surface area contributed by atoms with Gasteiger partial charge in [-0.1, -0.05) is 0 Å². The van der Waals surface area contributed by atoms with Crippen molar-refractivity contribution in [3.8, 4) is 11.8 Å². The van der Waals surface area contributed by atoms with Gasteiger partial charge in [0.2, 0.25) is 11.8 Å². The summed E-state index contributed by atoms with van der Waals surface area (Å²) in [4.78, 5) is 27.6. The highest BCUT2D eigenvalue weighted by Gasteiger charge is 2.80. The molecule has 3 fully saturated rings. The molecule has 2 bridgehead atoms. The zero-order valence-electron chi connectivity index (χ0n) is 20.5. The SMILES string of the molecule is CC12OC(CCOc3ccc(C(F)(F)F)cc3)(C(O)C1O)C1C(=O)N(c3ccc(C#N)c(C(F)(F)F)c3)C(=O)C12. The average molecular weight is 570 g/mol. The fourth-order valence-corrected chi connectivity index (χ4v) is 6.03. The van der Waals surface area contributed by atoms with Gasteiger partial charge in [-0.05, 0) is 49.4 Å². The van der Waals surface area contributed by atoms with E-state index in [-0.39, 0.29) is 18.8 Å². The van der Waals surface area contributed by atoms with E-state index >= 15 is 0 Å². The Hall–Kier alpha value is -3.67. The van der Waals surface area contributed by atoms with Gasteiger partial charge < -0.3 is 19.7 Å². The predicted octanol–water partition coefficient (Wildman–Crippen LogP) is 3.43. The number of aliphatic hydroxyl groups is 2. The molecule has 0 saturated carbocycles. The molecule has 0 spiro atoms. The van der Waals surface area contributed by atoms with E-state index in [0.29, 0.717) is 11.0 Å². The highest BCUT2D eigenvalue weighted by molar-refractivity contribution is 6.23. The van der Waals surface area contributed by atoms with Gasteiger partial charge in [-0.3, -0.25) is 9.59 Å². The number of carbonyl (C=O) groups excluding carboxylic acids is 2. The van der Waals surface area contributed by atoms with Gasteiger partial charge in [-0.25, -0.2) is 4.90 Å². The van der Waals surface area contributed by atoms with Crippen molar-refractivity contribution in [2.45, 2.75) is 49.1 Å². The smallest absolute Gasteiger partial charge is 0.417 e. The molecule has 0 aromatic heterocycles. The molecule has 2 amide bonds. The molecule has 3 aliphatic heterocycles. The Labute approximate surface area is 222 Å². The van der Waals surface area contributed by atoms with Crippen LogP contribution in [0.5, 0.6) is 5.75 Å². The Kier molecular flexibility index (Phi) is 6.22. The number of nitrogens with zero attached hydrogens (tertiary/aromatic N) is 2. The first-order valence-electron chi connectivity index (χ1n) is 11.9. The maximum atomic E-state index is 13.6. The second-order valence-electron chi connectivity index (χ2n) is 10.1. The number of rotatable bonds is 5. The quantitative estimate of drug-likeness (QED) is 0.418. The normalized spacial score (nSPS) is 31.4. The fourth-order valence-electron chi connectivity index (χ4n) is 6.03. The van der Waals surface area contributed by atoms with Gasteiger partial charge in [0.25, 0.3) is 0 Å². The Balaban J connectivity index is 1.45. The van der Waals surface area contributed by atoms with Gasteiger partial charge >= 0.3 is 12.4 Å². The second-order valence-corrected chi connectivity index (χ2v) is 10.1. The molecule has 2 aromatic rings. The number of imide groups is 1. The van der Waals surface area contributed by atoms with Crippen molar-refractivity contribution < 1.29 is 55.6 Å². The molecule has 14 heteroatoms. The molecule has 6 unspecified atom stereocenters. The first kappa shape index (κ1) is 27.9. The van der Waals surface area contributed by atoms with Crippen molar-refractivity contribution in [3.05, 3.63) is 59.2 Å². The van der Waals surface area contributed by atoms with E-state index in [4.69, 9.17) is 14.7 Å². The topological polar surface area (TPSA) is 120 Å². The largest absolute Gasteiger partial charge is 0.493 e. The first-order valence-corrected chi connectivity index (χ1v) is 11.9. The van der Waals surface area contributed by atoms with Gasteiger partial charge in [-0.15, -0.1) is 0 Å². The molecule has 3 saturated heterocycles. The summed E-state index contributed by atoms with van der Waals surface area (Å²) in [7, 11) is 0. The summed E-state index contributed by atoms with van der Waals surface area (Å²) in [6, 6.07) is 7.50. The third-order valence-corrected chi connectivity index (χ3v) is 7.88. The molecule has 3 heterocycles. The number of ether oxygens (including phenoxy) is 2. The van der Waals surface area contributed by atoms with Crippen molar-refractivity contribution >= 4 is 17.5 Å². The van der Waals surface area contributed by atoms with Crippen molar-refractivity contribution in [3.63, 3.8) is 0 Å². The number of anilines is 1. The molecular weight excluding hydrogens is 550 g/mol. The van der Waals surface area contributed by atoms with Crippen LogP contribution < -0.4 is 9.64 Å². The highest BCUT2D eigenvalue weighted by atomic mass is 19.4. The fraction of sp³-hybridized carbons (Fsp3) is 0.423. The molecule has 2 N–H and O–H groups in total. The molecule has 0 radical (unpaired) electrons. The predicted molar refractivity (Wildman–Crippen MR) is 121 cm³/mol. The van der Waals surface area contributed by atoms with E-state index in [1.807, 2.05) is 0 Å². The molecule has 6 atom stereocenters. The molecule has 3 aliphatic rings. The van der Waals surface area contributed by atoms with Crippen LogP contribution in [0.4, 0.5) is 32.0 Å². The van der Waals surface area contributed by atoms with Gasteiger partial charge in [-0.2, -0.15) is 31.6 Å². The van der Waals surface area contributed by atoms with Crippen molar-refractivity contribution in [1.29, 1.82) is 5.26 Å². The number of benzene rings is 2. The van der Waals surface area contributed by atoms with Gasteiger partial charge in [0.15, 0.2) is 0 Å². The molecule has 40 heavy (non-hydrogen) atoms. The molecule has 212 valence electrons.